The number of rotatable bonds is 5. The number of alkyl halides is 3. The highest BCUT2D eigenvalue weighted by Crippen LogP contribution is 2.39. The van der Waals surface area contributed by atoms with Crippen molar-refractivity contribution >= 4 is 16.9 Å². The first-order chi connectivity index (χ1) is 17.6. The average Bonchev–Trinajstić information content (AvgIpc) is 3.47. The maximum absolute atomic E-state index is 13.8. The van der Waals surface area contributed by atoms with Gasteiger partial charge in [-0.3, -0.25) is 19.8 Å². The molecule has 1 saturated heterocycles. The summed E-state index contributed by atoms with van der Waals surface area (Å²) in [6.45, 7) is 6.74. The molecule has 0 radical (unpaired) electrons. The van der Waals surface area contributed by atoms with Crippen LogP contribution >= 0.6 is 0 Å². The quantitative estimate of drug-likeness (QED) is 0.398. The van der Waals surface area contributed by atoms with Gasteiger partial charge in [-0.2, -0.15) is 18.3 Å². The van der Waals surface area contributed by atoms with Crippen LogP contribution in [-0.2, 0) is 6.18 Å². The third-order valence-electron chi connectivity index (χ3n) is 6.91. The van der Waals surface area contributed by atoms with E-state index >= 15 is 0 Å². The molecule has 10 heteroatoms. The lowest BCUT2D eigenvalue weighted by atomic mass is 9.90. The minimum absolute atomic E-state index is 0.123. The number of aryl methyl sites for hydroxylation is 1. The number of benzene rings is 1. The van der Waals surface area contributed by atoms with E-state index in [-0.39, 0.29) is 11.6 Å². The van der Waals surface area contributed by atoms with Crippen LogP contribution in [0.3, 0.4) is 0 Å². The van der Waals surface area contributed by atoms with Gasteiger partial charge in [-0.1, -0.05) is 18.2 Å². The molecular formula is C27H27F3N6O. The van der Waals surface area contributed by atoms with Crippen molar-refractivity contribution in [1.82, 2.24) is 30.4 Å². The van der Waals surface area contributed by atoms with Crippen molar-refractivity contribution in [3.05, 3.63) is 77.2 Å². The number of H-pyrrole nitrogens is 1. The van der Waals surface area contributed by atoms with E-state index in [0.717, 1.165) is 17.3 Å². The van der Waals surface area contributed by atoms with Crippen molar-refractivity contribution < 1.29 is 18.0 Å². The van der Waals surface area contributed by atoms with Crippen LogP contribution in [0.4, 0.5) is 13.2 Å². The highest BCUT2D eigenvalue weighted by atomic mass is 19.4. The fraction of sp³-hybridized carbons (Fsp3) is 0.333. The maximum Gasteiger partial charge on any atom is 0.416 e. The zero-order valence-corrected chi connectivity index (χ0v) is 20.7. The molecule has 2 N–H and O–H groups in total. The standard InChI is InChI=1S/C27H27F3N6O/c1-15(2)36-13-21(19-6-4-5-7-22(19)27(28,29)30)23(14-36)33-26(37)18-11-20-24(34-35-25(20)32-12-18)17-8-9-31-16(3)10-17/h4-12,15,21,23H,13-14H2,1-3H3,(H,33,37)(H,32,34,35)/t21-,23+/m1/s1. The van der Waals surface area contributed by atoms with Gasteiger partial charge in [0.05, 0.1) is 11.1 Å². The van der Waals surface area contributed by atoms with E-state index in [9.17, 15) is 18.0 Å². The van der Waals surface area contributed by atoms with E-state index in [1.807, 2.05) is 32.9 Å². The predicted molar refractivity (Wildman–Crippen MR) is 134 cm³/mol. The number of aromatic nitrogens is 4. The summed E-state index contributed by atoms with van der Waals surface area (Å²) in [6.07, 6.45) is -1.34. The zero-order chi connectivity index (χ0) is 26.3. The van der Waals surface area contributed by atoms with Crippen LogP contribution in [0.15, 0.2) is 54.9 Å². The molecule has 1 aliphatic heterocycles. The molecule has 0 bridgehead atoms. The van der Waals surface area contributed by atoms with Crippen LogP contribution in [0.25, 0.3) is 22.3 Å². The molecule has 192 valence electrons. The van der Waals surface area contributed by atoms with Gasteiger partial charge in [0.25, 0.3) is 5.91 Å². The van der Waals surface area contributed by atoms with Crippen LogP contribution in [0.5, 0.6) is 0 Å². The van der Waals surface area contributed by atoms with E-state index in [1.54, 1.807) is 18.3 Å². The lowest BCUT2D eigenvalue weighted by molar-refractivity contribution is -0.138. The summed E-state index contributed by atoms with van der Waals surface area (Å²) in [5.74, 6) is -0.900. The molecule has 0 spiro atoms. The van der Waals surface area contributed by atoms with E-state index in [4.69, 9.17) is 0 Å². The smallest absolute Gasteiger partial charge is 0.347 e. The fourth-order valence-electron chi connectivity index (χ4n) is 4.99. The molecule has 1 aliphatic rings. The second kappa shape index (κ2) is 9.59. The number of halogens is 3. The third kappa shape index (κ3) is 4.93. The van der Waals surface area contributed by atoms with Crippen molar-refractivity contribution in [3.8, 4) is 11.3 Å². The first-order valence-electron chi connectivity index (χ1n) is 12.1. The molecule has 4 aromatic rings. The predicted octanol–water partition coefficient (Wildman–Crippen LogP) is 4.95. The number of carbonyl (C=O) groups excluding carboxylic acids is 1. The Bertz CT molecular complexity index is 1450. The van der Waals surface area contributed by atoms with Crippen molar-refractivity contribution in [2.45, 2.75) is 44.9 Å². The number of likely N-dealkylation sites (tertiary alicyclic amines) is 1. The van der Waals surface area contributed by atoms with Crippen LogP contribution in [0, 0.1) is 6.92 Å². The Hall–Kier alpha value is -3.79. The summed E-state index contributed by atoms with van der Waals surface area (Å²) in [4.78, 5) is 24.0. The Labute approximate surface area is 212 Å². The minimum atomic E-state index is -4.48. The number of carbonyl (C=O) groups is 1. The number of hydrogen-bond donors (Lipinski definition) is 2. The van der Waals surface area contributed by atoms with Crippen LogP contribution < -0.4 is 5.32 Å². The number of aromatic amines is 1. The summed E-state index contributed by atoms with van der Waals surface area (Å²) in [5, 5.41) is 10.9. The van der Waals surface area contributed by atoms with Gasteiger partial charge in [-0.15, -0.1) is 0 Å². The molecule has 0 unspecified atom stereocenters. The molecule has 7 nitrogen and oxygen atoms in total. The SMILES string of the molecule is Cc1cc(-c2n[nH]c3ncc(C(=O)N[C@H]4CN(C(C)C)C[C@@H]4c4ccccc4C(F)(F)F)cc23)ccn1. The summed E-state index contributed by atoms with van der Waals surface area (Å²) in [6, 6.07) is 10.7. The number of hydrogen-bond acceptors (Lipinski definition) is 5. The van der Waals surface area contributed by atoms with Crippen LogP contribution in [-0.4, -0.2) is 56.1 Å². The second-order valence-corrected chi connectivity index (χ2v) is 9.70. The Balaban J connectivity index is 1.46. The summed E-state index contributed by atoms with van der Waals surface area (Å²) in [5.41, 5.74) is 2.69. The monoisotopic (exact) mass is 508 g/mol. The highest BCUT2D eigenvalue weighted by Gasteiger charge is 2.41. The molecule has 2 atom stereocenters. The number of nitrogens with one attached hydrogen (secondary N) is 2. The lowest BCUT2D eigenvalue weighted by Crippen LogP contribution is -2.40. The van der Waals surface area contributed by atoms with Gasteiger partial charge in [0, 0.05) is 60.1 Å². The molecule has 1 aromatic carbocycles. The molecule has 5 rings (SSSR count). The van der Waals surface area contributed by atoms with E-state index < -0.39 is 29.6 Å². The highest BCUT2D eigenvalue weighted by molar-refractivity contribution is 6.00. The lowest BCUT2D eigenvalue weighted by Gasteiger charge is -2.23. The number of nitrogens with zero attached hydrogens (tertiary/aromatic N) is 4. The fourth-order valence-corrected chi connectivity index (χ4v) is 4.99. The topological polar surface area (TPSA) is 86.8 Å². The van der Waals surface area contributed by atoms with Crippen molar-refractivity contribution in [2.75, 3.05) is 13.1 Å². The molecule has 4 heterocycles. The molecule has 3 aromatic heterocycles. The Morgan fingerprint density at radius 1 is 1.14 bits per heavy atom. The van der Waals surface area contributed by atoms with E-state index in [1.165, 1.54) is 18.3 Å². The van der Waals surface area contributed by atoms with Gasteiger partial charge in [0.2, 0.25) is 0 Å². The number of amides is 1. The summed E-state index contributed by atoms with van der Waals surface area (Å²) >= 11 is 0. The molecular weight excluding hydrogens is 481 g/mol. The molecule has 1 amide bonds. The maximum atomic E-state index is 13.8. The summed E-state index contributed by atoms with van der Waals surface area (Å²) in [7, 11) is 0. The Kier molecular flexibility index (Phi) is 6.45. The van der Waals surface area contributed by atoms with Gasteiger partial charge in [0.1, 0.15) is 5.69 Å². The zero-order valence-electron chi connectivity index (χ0n) is 20.7. The van der Waals surface area contributed by atoms with Crippen LogP contribution in [0.1, 0.15) is 46.9 Å². The van der Waals surface area contributed by atoms with Gasteiger partial charge in [-0.05, 0) is 50.6 Å². The normalized spacial score (nSPS) is 18.6. The second-order valence-electron chi connectivity index (χ2n) is 9.70. The largest absolute Gasteiger partial charge is 0.416 e. The molecule has 0 saturated carbocycles. The first-order valence-corrected chi connectivity index (χ1v) is 12.1. The van der Waals surface area contributed by atoms with Crippen molar-refractivity contribution in [2.24, 2.45) is 0 Å². The van der Waals surface area contributed by atoms with E-state index in [0.29, 0.717) is 35.4 Å². The van der Waals surface area contributed by atoms with Gasteiger partial charge < -0.3 is 5.32 Å². The van der Waals surface area contributed by atoms with E-state index in [2.05, 4.69) is 30.4 Å². The Morgan fingerprint density at radius 2 is 1.92 bits per heavy atom. The average molecular weight is 509 g/mol. The van der Waals surface area contributed by atoms with Crippen LogP contribution in [0.2, 0.25) is 0 Å². The minimum Gasteiger partial charge on any atom is -0.347 e. The summed E-state index contributed by atoms with van der Waals surface area (Å²) < 4.78 is 41.4. The van der Waals surface area contributed by atoms with Crippen molar-refractivity contribution in [1.29, 1.82) is 0 Å². The first kappa shape index (κ1) is 24.9. The molecule has 1 fully saturated rings. The Morgan fingerprint density at radius 3 is 2.65 bits per heavy atom. The van der Waals surface area contributed by atoms with Gasteiger partial charge in [0.15, 0.2) is 5.65 Å². The van der Waals surface area contributed by atoms with Crippen molar-refractivity contribution in [3.63, 3.8) is 0 Å². The van der Waals surface area contributed by atoms with Gasteiger partial charge in [-0.25, -0.2) is 4.98 Å². The molecule has 0 aliphatic carbocycles. The van der Waals surface area contributed by atoms with Gasteiger partial charge >= 0.3 is 6.18 Å². The number of pyridine rings is 2. The third-order valence-corrected chi connectivity index (χ3v) is 6.91. The number of fused-ring (bicyclic) bond motifs is 1. The molecule has 37 heavy (non-hydrogen) atoms.